The molecule has 0 N–H and O–H groups in total. The van der Waals surface area contributed by atoms with Crippen molar-refractivity contribution in [1.29, 1.82) is 0 Å². The van der Waals surface area contributed by atoms with Gasteiger partial charge in [-0.1, -0.05) is 20.8 Å². The van der Waals surface area contributed by atoms with Gasteiger partial charge in [0.25, 0.3) is 0 Å². The molecule has 0 spiro atoms. The van der Waals surface area contributed by atoms with E-state index in [1.54, 1.807) is 0 Å². The molecule has 0 aliphatic heterocycles. The Bertz CT molecular complexity index is 122. The number of nitrogens with zero attached hydrogens (tertiary/aromatic N) is 2. The molecule has 0 aromatic heterocycles. The van der Waals surface area contributed by atoms with Gasteiger partial charge in [0.2, 0.25) is 0 Å². The summed E-state index contributed by atoms with van der Waals surface area (Å²) in [5.74, 6) is 0. The summed E-state index contributed by atoms with van der Waals surface area (Å²) in [4.78, 5) is 6.21. The predicted octanol–water partition coefficient (Wildman–Crippen LogP) is 2.01. The lowest BCUT2D eigenvalue weighted by Crippen LogP contribution is -2.31. The molecule has 0 aromatic rings. The first-order valence-electron chi connectivity index (χ1n) is 4.16. The van der Waals surface area contributed by atoms with Gasteiger partial charge < -0.3 is 4.90 Å². The first-order chi connectivity index (χ1) is 4.99. The lowest BCUT2D eigenvalue weighted by molar-refractivity contribution is 0.288. The summed E-state index contributed by atoms with van der Waals surface area (Å²) in [6, 6.07) is 0. The summed E-state index contributed by atoms with van der Waals surface area (Å²) in [5, 5.41) is 0. The Balaban J connectivity index is 3.88. The Morgan fingerprint density at radius 1 is 1.36 bits per heavy atom. The largest absolute Gasteiger partial charge is 0.363 e. The lowest BCUT2D eigenvalue weighted by Gasteiger charge is -2.26. The van der Waals surface area contributed by atoms with E-state index in [1.807, 2.05) is 13.4 Å². The van der Waals surface area contributed by atoms with Crippen LogP contribution in [0.5, 0.6) is 0 Å². The van der Waals surface area contributed by atoms with Gasteiger partial charge in [0.15, 0.2) is 0 Å². The molecule has 0 radical (unpaired) electrons. The maximum absolute atomic E-state index is 3.99. The van der Waals surface area contributed by atoms with Gasteiger partial charge in [-0.15, -0.1) is 0 Å². The molecule has 0 aromatic carbocycles. The predicted molar refractivity (Wildman–Crippen MR) is 51.1 cm³/mol. The van der Waals surface area contributed by atoms with Crippen LogP contribution in [-0.4, -0.2) is 31.4 Å². The van der Waals surface area contributed by atoms with E-state index in [0.29, 0.717) is 5.41 Å². The molecular weight excluding hydrogens is 136 g/mol. The number of hydrogen-bond donors (Lipinski definition) is 0. The van der Waals surface area contributed by atoms with Gasteiger partial charge in [-0.25, -0.2) is 0 Å². The normalized spacial score (nSPS) is 12.5. The summed E-state index contributed by atoms with van der Waals surface area (Å²) in [7, 11) is 1.81. The van der Waals surface area contributed by atoms with Crippen LogP contribution in [0.25, 0.3) is 0 Å². The van der Waals surface area contributed by atoms with E-state index >= 15 is 0 Å². The van der Waals surface area contributed by atoms with Gasteiger partial charge in [-0.05, 0) is 12.3 Å². The molecular formula is C9H20N2. The third-order valence-electron chi connectivity index (χ3n) is 1.36. The summed E-state index contributed by atoms with van der Waals surface area (Å²) >= 11 is 0. The van der Waals surface area contributed by atoms with Crippen molar-refractivity contribution in [3.63, 3.8) is 0 Å². The zero-order valence-electron chi connectivity index (χ0n) is 8.39. The third kappa shape index (κ3) is 5.89. The Morgan fingerprint density at radius 2 is 1.91 bits per heavy atom. The lowest BCUT2D eigenvalue weighted by atomic mass is 9.96. The minimum atomic E-state index is 0.358. The molecule has 0 saturated carbocycles. The first kappa shape index (κ1) is 10.5. The van der Waals surface area contributed by atoms with E-state index in [1.165, 1.54) is 0 Å². The molecule has 0 atom stereocenters. The topological polar surface area (TPSA) is 15.6 Å². The van der Waals surface area contributed by atoms with Crippen LogP contribution in [0.3, 0.4) is 0 Å². The SMILES string of the molecule is CCN(C=NC)CC(C)(C)C. The van der Waals surface area contributed by atoms with Gasteiger partial charge in [0.05, 0.1) is 6.34 Å². The van der Waals surface area contributed by atoms with Crippen LogP contribution < -0.4 is 0 Å². The van der Waals surface area contributed by atoms with Crippen molar-refractivity contribution >= 4 is 6.34 Å². The van der Waals surface area contributed by atoms with Crippen LogP contribution >= 0.6 is 0 Å². The summed E-state index contributed by atoms with van der Waals surface area (Å²) < 4.78 is 0. The maximum Gasteiger partial charge on any atom is 0.0846 e. The van der Waals surface area contributed by atoms with Crippen molar-refractivity contribution in [2.24, 2.45) is 10.4 Å². The highest BCUT2D eigenvalue weighted by molar-refractivity contribution is 5.54. The number of aliphatic imine (C=N–C) groups is 1. The Hall–Kier alpha value is -0.530. The fourth-order valence-electron chi connectivity index (χ4n) is 1.01. The van der Waals surface area contributed by atoms with Gasteiger partial charge >= 0.3 is 0 Å². The molecule has 0 amide bonds. The zero-order valence-corrected chi connectivity index (χ0v) is 8.39. The molecule has 0 saturated heterocycles. The molecule has 0 rings (SSSR count). The molecule has 2 nitrogen and oxygen atoms in total. The van der Waals surface area contributed by atoms with Crippen molar-refractivity contribution in [2.75, 3.05) is 20.1 Å². The van der Waals surface area contributed by atoms with E-state index in [0.717, 1.165) is 13.1 Å². The second-order valence-corrected chi connectivity index (χ2v) is 4.00. The number of hydrogen-bond acceptors (Lipinski definition) is 1. The van der Waals surface area contributed by atoms with Crippen molar-refractivity contribution in [3.05, 3.63) is 0 Å². The van der Waals surface area contributed by atoms with E-state index in [2.05, 4.69) is 37.6 Å². The van der Waals surface area contributed by atoms with Crippen LogP contribution in [0.4, 0.5) is 0 Å². The smallest absolute Gasteiger partial charge is 0.0846 e. The molecule has 66 valence electrons. The monoisotopic (exact) mass is 156 g/mol. The van der Waals surface area contributed by atoms with Crippen molar-refractivity contribution in [2.45, 2.75) is 27.7 Å². The highest BCUT2D eigenvalue weighted by Crippen LogP contribution is 2.13. The maximum atomic E-state index is 3.99. The number of rotatable bonds is 3. The second kappa shape index (κ2) is 4.37. The molecule has 0 heterocycles. The summed E-state index contributed by atoms with van der Waals surface area (Å²) in [5.41, 5.74) is 0.358. The van der Waals surface area contributed by atoms with Gasteiger partial charge in [-0.2, -0.15) is 0 Å². The molecule has 0 aliphatic carbocycles. The molecule has 0 unspecified atom stereocenters. The minimum Gasteiger partial charge on any atom is -0.363 e. The summed E-state index contributed by atoms with van der Waals surface area (Å²) in [6.45, 7) is 11.0. The van der Waals surface area contributed by atoms with Crippen molar-refractivity contribution in [1.82, 2.24) is 4.90 Å². The van der Waals surface area contributed by atoms with E-state index in [4.69, 9.17) is 0 Å². The highest BCUT2D eigenvalue weighted by atomic mass is 15.1. The van der Waals surface area contributed by atoms with E-state index in [9.17, 15) is 0 Å². The standard InChI is InChI=1S/C9H20N2/c1-6-11(8-10-5)7-9(2,3)4/h8H,6-7H2,1-5H3. The molecule has 0 bridgehead atoms. The summed E-state index contributed by atoms with van der Waals surface area (Å²) in [6.07, 6.45) is 1.91. The average Bonchev–Trinajstić information content (AvgIpc) is 1.84. The van der Waals surface area contributed by atoms with E-state index < -0.39 is 0 Å². The first-order valence-corrected chi connectivity index (χ1v) is 4.16. The van der Waals surface area contributed by atoms with Crippen LogP contribution in [-0.2, 0) is 0 Å². The third-order valence-corrected chi connectivity index (χ3v) is 1.36. The van der Waals surface area contributed by atoms with Crippen LogP contribution in [0, 0.1) is 5.41 Å². The Morgan fingerprint density at radius 3 is 2.18 bits per heavy atom. The Labute approximate surface area is 70.3 Å². The van der Waals surface area contributed by atoms with E-state index in [-0.39, 0.29) is 0 Å². The second-order valence-electron chi connectivity index (χ2n) is 4.00. The van der Waals surface area contributed by atoms with Crippen LogP contribution in [0.2, 0.25) is 0 Å². The molecule has 2 heteroatoms. The van der Waals surface area contributed by atoms with Gasteiger partial charge in [-0.3, -0.25) is 4.99 Å². The minimum absolute atomic E-state index is 0.358. The average molecular weight is 156 g/mol. The fraction of sp³-hybridized carbons (Fsp3) is 0.889. The van der Waals surface area contributed by atoms with Crippen LogP contribution in [0.1, 0.15) is 27.7 Å². The highest BCUT2D eigenvalue weighted by Gasteiger charge is 2.12. The molecule has 0 fully saturated rings. The Kier molecular flexibility index (Phi) is 4.16. The quantitative estimate of drug-likeness (QED) is 0.451. The fourth-order valence-corrected chi connectivity index (χ4v) is 1.01. The van der Waals surface area contributed by atoms with Gasteiger partial charge in [0, 0.05) is 20.1 Å². The van der Waals surface area contributed by atoms with Gasteiger partial charge in [0.1, 0.15) is 0 Å². The molecule has 0 aliphatic rings. The van der Waals surface area contributed by atoms with Crippen LogP contribution in [0.15, 0.2) is 4.99 Å². The van der Waals surface area contributed by atoms with Crippen molar-refractivity contribution in [3.8, 4) is 0 Å². The molecule has 11 heavy (non-hydrogen) atoms. The zero-order chi connectivity index (χ0) is 8.91. The van der Waals surface area contributed by atoms with Crippen molar-refractivity contribution < 1.29 is 0 Å².